The van der Waals surface area contributed by atoms with Gasteiger partial charge >= 0.3 is 11.9 Å². The molecule has 3 amide bonds. The van der Waals surface area contributed by atoms with Gasteiger partial charge in [-0.25, -0.2) is 4.79 Å². The maximum absolute atomic E-state index is 13.8. The average molecular weight is 559 g/mol. The molecule has 11 heteroatoms. The zero-order valence-electron chi connectivity index (χ0n) is 24.7. The number of hydrogen-bond donors (Lipinski definition) is 3. The fourth-order valence-electron chi connectivity index (χ4n) is 4.74. The number of hydrogen-bond acceptors (Lipinski definition) is 8. The van der Waals surface area contributed by atoms with Crippen LogP contribution in [0.1, 0.15) is 72.9 Å². The molecular formula is C29H42N4O7. The second-order valence-electron chi connectivity index (χ2n) is 12.4. The van der Waals surface area contributed by atoms with Crippen molar-refractivity contribution in [3.63, 3.8) is 0 Å². The summed E-state index contributed by atoms with van der Waals surface area (Å²) in [6, 6.07) is 2.24. The quantitative estimate of drug-likeness (QED) is 0.408. The van der Waals surface area contributed by atoms with Crippen LogP contribution in [0.2, 0.25) is 0 Å². The van der Waals surface area contributed by atoms with Gasteiger partial charge in [0.25, 0.3) is 0 Å². The number of aryl methyl sites for hydroxylation is 1. The maximum atomic E-state index is 13.8. The van der Waals surface area contributed by atoms with Gasteiger partial charge in [0.2, 0.25) is 17.7 Å². The SMILES string of the molecule is CC(NCC(=O)OC(C)(C)C)C(=O)NC1CCc2cccc3c2N(C1=O)C(C(=O)NC(C)C(=O)OC(C)(C)C)C3. The summed E-state index contributed by atoms with van der Waals surface area (Å²) >= 11 is 0. The molecule has 2 aliphatic heterocycles. The van der Waals surface area contributed by atoms with E-state index >= 15 is 0 Å². The van der Waals surface area contributed by atoms with Crippen LogP contribution in [0.4, 0.5) is 5.69 Å². The molecule has 1 aromatic carbocycles. The van der Waals surface area contributed by atoms with Crippen molar-refractivity contribution in [1.29, 1.82) is 0 Å². The predicted molar refractivity (Wildman–Crippen MR) is 148 cm³/mol. The van der Waals surface area contributed by atoms with Gasteiger partial charge in [-0.05, 0) is 79.4 Å². The van der Waals surface area contributed by atoms with E-state index in [1.54, 1.807) is 55.4 Å². The van der Waals surface area contributed by atoms with Crippen LogP contribution >= 0.6 is 0 Å². The van der Waals surface area contributed by atoms with Crippen LogP contribution in [0, 0.1) is 0 Å². The summed E-state index contributed by atoms with van der Waals surface area (Å²) < 4.78 is 10.6. The van der Waals surface area contributed by atoms with Crippen molar-refractivity contribution in [2.45, 2.75) is 110 Å². The highest BCUT2D eigenvalue weighted by atomic mass is 16.6. The highest BCUT2D eigenvalue weighted by Crippen LogP contribution is 2.39. The fraction of sp³-hybridized carbons (Fsp3) is 0.621. The smallest absolute Gasteiger partial charge is 0.328 e. The third kappa shape index (κ3) is 7.80. The summed E-state index contributed by atoms with van der Waals surface area (Å²) in [5.74, 6) is -2.40. The van der Waals surface area contributed by atoms with Crippen LogP contribution in [0.5, 0.6) is 0 Å². The van der Waals surface area contributed by atoms with Crippen LogP contribution in [0.25, 0.3) is 0 Å². The maximum Gasteiger partial charge on any atom is 0.328 e. The van der Waals surface area contributed by atoms with Gasteiger partial charge in [0, 0.05) is 6.42 Å². The second kappa shape index (κ2) is 12.0. The lowest BCUT2D eigenvalue weighted by Crippen LogP contribution is -2.57. The molecule has 0 radical (unpaired) electrons. The minimum absolute atomic E-state index is 0.163. The predicted octanol–water partition coefficient (Wildman–Crippen LogP) is 1.54. The van der Waals surface area contributed by atoms with E-state index in [4.69, 9.17) is 9.47 Å². The first-order chi connectivity index (χ1) is 18.5. The Kier molecular flexibility index (Phi) is 9.28. The third-order valence-corrected chi connectivity index (χ3v) is 6.51. The Bertz CT molecular complexity index is 1170. The first kappa shape index (κ1) is 31.1. The Morgan fingerprint density at radius 2 is 1.60 bits per heavy atom. The minimum atomic E-state index is -0.913. The number of carbonyl (C=O) groups is 5. The average Bonchev–Trinajstić information content (AvgIpc) is 3.16. The van der Waals surface area contributed by atoms with E-state index in [-0.39, 0.29) is 13.0 Å². The highest BCUT2D eigenvalue weighted by Gasteiger charge is 2.44. The highest BCUT2D eigenvalue weighted by molar-refractivity contribution is 6.08. The van der Waals surface area contributed by atoms with E-state index in [9.17, 15) is 24.0 Å². The van der Waals surface area contributed by atoms with Crippen molar-refractivity contribution in [3.05, 3.63) is 29.3 Å². The molecule has 2 aliphatic rings. The normalized spacial score (nSPS) is 20.1. The number of carbonyl (C=O) groups excluding carboxylic acids is 5. The molecule has 0 bridgehead atoms. The molecule has 220 valence electrons. The molecule has 4 unspecified atom stereocenters. The van der Waals surface area contributed by atoms with Gasteiger partial charge in [-0.1, -0.05) is 18.2 Å². The van der Waals surface area contributed by atoms with Gasteiger partial charge in [0.15, 0.2) is 0 Å². The Morgan fingerprint density at radius 1 is 0.975 bits per heavy atom. The summed E-state index contributed by atoms with van der Waals surface area (Å²) in [7, 11) is 0. The molecule has 3 N–H and O–H groups in total. The number of nitrogens with zero attached hydrogens (tertiary/aromatic N) is 1. The first-order valence-electron chi connectivity index (χ1n) is 13.7. The Balaban J connectivity index is 1.72. The molecule has 0 fully saturated rings. The summed E-state index contributed by atoms with van der Waals surface area (Å²) in [6.07, 6.45) is 1.16. The van der Waals surface area contributed by atoms with Crippen molar-refractivity contribution < 1.29 is 33.4 Å². The Labute approximate surface area is 235 Å². The number of ether oxygens (including phenoxy) is 2. The summed E-state index contributed by atoms with van der Waals surface area (Å²) in [6.45, 7) is 13.5. The molecule has 40 heavy (non-hydrogen) atoms. The Hall–Kier alpha value is -3.47. The molecule has 0 aliphatic carbocycles. The molecule has 3 rings (SSSR count). The van der Waals surface area contributed by atoms with Gasteiger partial charge in [-0.3, -0.25) is 29.4 Å². The van der Waals surface area contributed by atoms with E-state index < -0.39 is 65.0 Å². The van der Waals surface area contributed by atoms with E-state index in [1.165, 1.54) is 4.90 Å². The lowest BCUT2D eigenvalue weighted by atomic mass is 10.0. The number of para-hydroxylation sites is 1. The summed E-state index contributed by atoms with van der Waals surface area (Å²) in [5.41, 5.74) is 1.10. The minimum Gasteiger partial charge on any atom is -0.459 e. The van der Waals surface area contributed by atoms with Gasteiger partial charge in [0.1, 0.15) is 29.3 Å². The number of amides is 3. The zero-order chi connectivity index (χ0) is 30.0. The lowest BCUT2D eigenvalue weighted by molar-refractivity contribution is -0.158. The monoisotopic (exact) mass is 558 g/mol. The second-order valence-corrected chi connectivity index (χ2v) is 12.4. The van der Waals surface area contributed by atoms with Crippen molar-refractivity contribution in [2.24, 2.45) is 0 Å². The van der Waals surface area contributed by atoms with Crippen LogP contribution < -0.4 is 20.9 Å². The van der Waals surface area contributed by atoms with Gasteiger partial charge in [0.05, 0.1) is 18.3 Å². The first-order valence-corrected chi connectivity index (χ1v) is 13.7. The fourth-order valence-corrected chi connectivity index (χ4v) is 4.74. The van der Waals surface area contributed by atoms with Crippen LogP contribution in [0.15, 0.2) is 18.2 Å². The molecule has 0 aromatic heterocycles. The summed E-state index contributed by atoms with van der Waals surface area (Å²) in [5, 5.41) is 8.33. The van der Waals surface area contributed by atoms with Crippen molar-refractivity contribution in [3.8, 4) is 0 Å². The number of anilines is 1. The van der Waals surface area contributed by atoms with Crippen molar-refractivity contribution >= 4 is 35.3 Å². The Morgan fingerprint density at radius 3 is 2.23 bits per heavy atom. The van der Waals surface area contributed by atoms with E-state index in [1.807, 2.05) is 18.2 Å². The van der Waals surface area contributed by atoms with Crippen LogP contribution in [0.3, 0.4) is 0 Å². The molecule has 0 saturated carbocycles. The zero-order valence-corrected chi connectivity index (χ0v) is 24.7. The lowest BCUT2D eigenvalue weighted by Gasteiger charge is -2.29. The molecule has 1 aromatic rings. The van der Waals surface area contributed by atoms with Crippen LogP contribution in [-0.4, -0.2) is 71.6 Å². The summed E-state index contributed by atoms with van der Waals surface area (Å²) in [4.78, 5) is 66.1. The van der Waals surface area contributed by atoms with Gasteiger partial charge in [-0.15, -0.1) is 0 Å². The molecule has 11 nitrogen and oxygen atoms in total. The number of rotatable bonds is 8. The molecule has 4 atom stereocenters. The van der Waals surface area contributed by atoms with E-state index in [0.717, 1.165) is 11.1 Å². The molecular weight excluding hydrogens is 516 g/mol. The molecule has 0 saturated heterocycles. The topological polar surface area (TPSA) is 143 Å². The van der Waals surface area contributed by atoms with Crippen molar-refractivity contribution in [1.82, 2.24) is 16.0 Å². The molecule has 0 spiro atoms. The number of nitrogens with one attached hydrogen (secondary N) is 3. The number of esters is 2. The standard InChI is InChI=1S/C29H42N4O7/c1-16(30-15-22(34)39-28(3,4)5)24(35)32-20-13-12-18-10-9-11-19-14-21(33(23(18)19)26(20)37)25(36)31-17(2)27(38)40-29(6,7)8/h9-11,16-17,20-21,30H,12-15H2,1-8H3,(H,31,36)(H,32,35). The largest absolute Gasteiger partial charge is 0.459 e. The van der Waals surface area contributed by atoms with Gasteiger partial charge < -0.3 is 20.1 Å². The third-order valence-electron chi connectivity index (χ3n) is 6.51. The van der Waals surface area contributed by atoms with Crippen molar-refractivity contribution in [2.75, 3.05) is 11.4 Å². The van der Waals surface area contributed by atoms with Gasteiger partial charge in [-0.2, -0.15) is 0 Å². The van der Waals surface area contributed by atoms with Crippen LogP contribution in [-0.2, 0) is 46.3 Å². The number of benzene rings is 1. The molecule has 2 heterocycles. The van der Waals surface area contributed by atoms with E-state index in [2.05, 4.69) is 16.0 Å². The van der Waals surface area contributed by atoms with E-state index in [0.29, 0.717) is 18.5 Å².